The average molecular weight is 698 g/mol. The fourth-order valence-electron chi connectivity index (χ4n) is 7.55. The van der Waals surface area contributed by atoms with Gasteiger partial charge in [-0.3, -0.25) is 14.4 Å². The second-order valence-corrected chi connectivity index (χ2v) is 13.6. The van der Waals surface area contributed by atoms with Crippen LogP contribution in [0, 0.1) is 0 Å². The van der Waals surface area contributed by atoms with Gasteiger partial charge in [-0.25, -0.2) is 0 Å². The highest BCUT2D eigenvalue weighted by Gasteiger charge is 2.51. The van der Waals surface area contributed by atoms with Crippen molar-refractivity contribution in [2.24, 2.45) is 5.11 Å². The summed E-state index contributed by atoms with van der Waals surface area (Å²) in [5.74, 6) is -3.50. The van der Waals surface area contributed by atoms with Crippen LogP contribution in [0.15, 0.2) is 23.3 Å². The van der Waals surface area contributed by atoms with Crippen LogP contribution in [0.1, 0.15) is 96.0 Å². The maximum absolute atomic E-state index is 13.9. The van der Waals surface area contributed by atoms with Gasteiger partial charge in [0.2, 0.25) is 5.78 Å². The van der Waals surface area contributed by atoms with Gasteiger partial charge in [0.1, 0.15) is 29.0 Å². The fraction of sp³-hybridized carbons (Fsp3) is 0.559. The minimum Gasteiger partial charge on any atom is -0.507 e. The van der Waals surface area contributed by atoms with E-state index in [4.69, 9.17) is 23.7 Å². The lowest BCUT2D eigenvalue weighted by molar-refractivity contribution is -0.314. The van der Waals surface area contributed by atoms with Gasteiger partial charge >= 0.3 is 0 Å². The zero-order chi connectivity index (χ0) is 36.4. The lowest BCUT2D eigenvalue weighted by Gasteiger charge is -2.46. The third kappa shape index (κ3) is 5.81. The average Bonchev–Trinajstić information content (AvgIpc) is 3.05. The van der Waals surface area contributed by atoms with Gasteiger partial charge in [-0.05, 0) is 39.3 Å². The maximum Gasteiger partial charge on any atom is 0.202 e. The number of phenols is 2. The molecular formula is C34H39N3O13. The first kappa shape index (κ1) is 35.7. The van der Waals surface area contributed by atoms with E-state index in [1.807, 2.05) is 0 Å². The third-order valence-corrected chi connectivity index (χ3v) is 10.2. The summed E-state index contributed by atoms with van der Waals surface area (Å²) in [7, 11) is 1.32. The van der Waals surface area contributed by atoms with Crippen LogP contribution in [0.25, 0.3) is 10.4 Å². The lowest BCUT2D eigenvalue weighted by Crippen LogP contribution is -2.57. The first-order valence-electron chi connectivity index (χ1n) is 16.2. The molecule has 10 atom stereocenters. The largest absolute Gasteiger partial charge is 0.507 e. The smallest absolute Gasteiger partial charge is 0.202 e. The Labute approximate surface area is 286 Å². The molecule has 268 valence electrons. The number of ether oxygens (including phenoxy) is 5. The topological polar surface area (TPSA) is 247 Å². The Balaban J connectivity index is 1.35. The highest BCUT2D eigenvalue weighted by molar-refractivity contribution is 6.31. The molecule has 2 aromatic carbocycles. The van der Waals surface area contributed by atoms with Crippen molar-refractivity contribution in [1.82, 2.24) is 0 Å². The minimum absolute atomic E-state index is 0.0553. The molecule has 16 nitrogen and oxygen atoms in total. The second kappa shape index (κ2) is 12.9. The number of benzene rings is 2. The minimum atomic E-state index is -2.11. The summed E-state index contributed by atoms with van der Waals surface area (Å²) in [5.41, 5.74) is 4.39. The van der Waals surface area contributed by atoms with Crippen molar-refractivity contribution in [3.8, 4) is 17.2 Å². The van der Waals surface area contributed by atoms with E-state index < -0.39 is 113 Å². The van der Waals surface area contributed by atoms with Crippen molar-refractivity contribution in [3.05, 3.63) is 62.0 Å². The number of aliphatic hydroxyl groups excluding tert-OH is 1. The molecule has 2 fully saturated rings. The van der Waals surface area contributed by atoms with Gasteiger partial charge in [-0.1, -0.05) is 17.2 Å². The van der Waals surface area contributed by atoms with Crippen LogP contribution in [-0.2, 0) is 30.2 Å². The predicted octanol–water partition coefficient (Wildman–Crippen LogP) is 2.65. The number of Topliss-reactive ketones (excluding diaryl/α,β-unsaturated/α-hetero) is 1. The number of aliphatic hydroxyl groups is 3. The molecule has 0 spiro atoms. The van der Waals surface area contributed by atoms with Crippen LogP contribution < -0.4 is 4.74 Å². The molecule has 0 bridgehead atoms. The predicted molar refractivity (Wildman–Crippen MR) is 170 cm³/mol. The third-order valence-electron chi connectivity index (χ3n) is 10.2. The van der Waals surface area contributed by atoms with Gasteiger partial charge in [0.15, 0.2) is 24.1 Å². The van der Waals surface area contributed by atoms with Crippen LogP contribution in [0.2, 0.25) is 0 Å². The number of hydrogen-bond acceptors (Lipinski definition) is 14. The molecule has 0 aromatic heterocycles. The summed E-state index contributed by atoms with van der Waals surface area (Å²) in [6.07, 6.45) is -8.33. The number of fused-ring (bicyclic) bond motifs is 3. The van der Waals surface area contributed by atoms with E-state index in [1.165, 1.54) is 32.2 Å². The quantitative estimate of drug-likeness (QED) is 0.103. The SMILES string of the molecule is COc1cccc2c1C(=O)c1c(O)c3c(c(O)c1C2=O)C[C@@](O)(C(C)=O)C[C@@H]3O[C@H]1C[C@H](N=[N+]=[N-])[C@H](O[C@H]2C[C@@](C)(O)[C@@H](O)[C@H](C)O2)[C@H](C)O1. The van der Waals surface area contributed by atoms with E-state index in [0.717, 1.165) is 6.92 Å². The molecule has 2 aromatic rings. The molecule has 0 radical (unpaired) electrons. The van der Waals surface area contributed by atoms with Crippen molar-refractivity contribution in [1.29, 1.82) is 0 Å². The number of phenolic OH excluding ortho intramolecular Hbond substituents is 2. The lowest BCUT2D eigenvalue weighted by atomic mass is 9.72. The van der Waals surface area contributed by atoms with Crippen molar-refractivity contribution in [3.63, 3.8) is 0 Å². The maximum atomic E-state index is 13.9. The molecule has 0 unspecified atom stereocenters. The summed E-state index contributed by atoms with van der Waals surface area (Å²) in [5, 5.41) is 59.6. The van der Waals surface area contributed by atoms with Gasteiger partial charge < -0.3 is 49.2 Å². The van der Waals surface area contributed by atoms with Gasteiger partial charge in [-0.2, -0.15) is 0 Å². The van der Waals surface area contributed by atoms with Crippen molar-refractivity contribution in [2.45, 2.75) is 114 Å². The van der Waals surface area contributed by atoms with Crippen LogP contribution in [0.5, 0.6) is 17.2 Å². The Bertz CT molecular complexity index is 1810. The van der Waals surface area contributed by atoms with E-state index in [2.05, 4.69) is 10.0 Å². The van der Waals surface area contributed by atoms with Gasteiger partial charge in [0.25, 0.3) is 0 Å². The van der Waals surface area contributed by atoms with Gasteiger partial charge in [0.05, 0.1) is 59.9 Å². The molecular weight excluding hydrogens is 658 g/mol. The summed E-state index contributed by atoms with van der Waals surface area (Å²) in [6, 6.07) is 3.45. The first-order valence-corrected chi connectivity index (χ1v) is 16.2. The van der Waals surface area contributed by atoms with Crippen molar-refractivity contribution >= 4 is 17.3 Å². The zero-order valence-corrected chi connectivity index (χ0v) is 28.0. The summed E-state index contributed by atoms with van der Waals surface area (Å²) < 4.78 is 29.6. The molecule has 2 saturated heterocycles. The number of carbonyl (C=O) groups excluding carboxylic acids is 3. The molecule has 2 aliphatic heterocycles. The Kier molecular flexibility index (Phi) is 9.20. The van der Waals surface area contributed by atoms with Gasteiger partial charge in [-0.15, -0.1) is 0 Å². The second-order valence-electron chi connectivity index (χ2n) is 13.6. The first-order chi connectivity index (χ1) is 23.5. The Morgan fingerprint density at radius 3 is 2.32 bits per heavy atom. The van der Waals surface area contributed by atoms with Crippen LogP contribution in [-0.4, -0.2) is 104 Å². The molecule has 4 aliphatic rings. The Hall–Kier alpha value is -4.12. The molecule has 0 amide bonds. The Morgan fingerprint density at radius 2 is 1.68 bits per heavy atom. The molecule has 16 heteroatoms. The van der Waals surface area contributed by atoms with Gasteiger partial charge in [0, 0.05) is 47.3 Å². The van der Waals surface area contributed by atoms with Crippen LogP contribution in [0.3, 0.4) is 0 Å². The van der Waals surface area contributed by atoms with E-state index in [1.54, 1.807) is 13.8 Å². The van der Waals surface area contributed by atoms with E-state index in [-0.39, 0.29) is 40.8 Å². The van der Waals surface area contributed by atoms with Crippen LogP contribution in [0.4, 0.5) is 0 Å². The standard InChI is InChI=1S/C34H39N3O13/c1-13-31(50-22-12-33(4,44)32(43)14(2)48-22)18(36-37-35)9-21(47-13)49-20-11-34(45,15(3)38)10-17-24(20)30(42)26-25(28(17)40)27(39)16-7-6-8-19(46-5)23(16)29(26)41/h6-8,13-14,18,20-22,31-32,40,42-45H,9-12H2,1-5H3/t13-,14-,18-,20-,21-,22-,31+,32-,33+,34-/m0/s1. The number of azide groups is 1. The monoisotopic (exact) mass is 697 g/mol. The molecule has 0 saturated carbocycles. The van der Waals surface area contributed by atoms with E-state index in [0.29, 0.717) is 0 Å². The molecule has 5 N–H and O–H groups in total. The Morgan fingerprint density at radius 1 is 1.00 bits per heavy atom. The number of methoxy groups -OCH3 is 1. The highest BCUT2D eigenvalue weighted by Crippen LogP contribution is 2.52. The highest BCUT2D eigenvalue weighted by atomic mass is 16.7. The number of nitrogens with zero attached hydrogens (tertiary/aromatic N) is 3. The number of hydrogen-bond donors (Lipinski definition) is 5. The number of rotatable bonds is 7. The molecule has 2 heterocycles. The fourth-order valence-corrected chi connectivity index (χ4v) is 7.55. The van der Waals surface area contributed by atoms with E-state index >= 15 is 0 Å². The number of carbonyl (C=O) groups is 3. The summed E-state index contributed by atoms with van der Waals surface area (Å²) in [4.78, 5) is 43.3. The molecule has 2 aliphatic carbocycles. The summed E-state index contributed by atoms with van der Waals surface area (Å²) in [6.45, 7) is 5.81. The zero-order valence-electron chi connectivity index (χ0n) is 28.0. The molecule has 50 heavy (non-hydrogen) atoms. The molecule has 6 rings (SSSR count). The summed E-state index contributed by atoms with van der Waals surface area (Å²) >= 11 is 0. The number of aromatic hydroxyl groups is 2. The number of ketones is 3. The van der Waals surface area contributed by atoms with Crippen LogP contribution >= 0.6 is 0 Å². The normalized spacial score (nSPS) is 35.0. The van der Waals surface area contributed by atoms with Crippen molar-refractivity contribution in [2.75, 3.05) is 7.11 Å². The van der Waals surface area contributed by atoms with Crippen molar-refractivity contribution < 1.29 is 63.6 Å². The van der Waals surface area contributed by atoms with E-state index in [9.17, 15) is 45.4 Å².